The number of hydrogen-bond acceptors (Lipinski definition) is 6. The predicted octanol–water partition coefficient (Wildman–Crippen LogP) is -0.146. The minimum absolute atomic E-state index is 0.0241. The maximum absolute atomic E-state index is 12.0. The van der Waals surface area contributed by atoms with Gasteiger partial charge in [-0.2, -0.15) is 5.90 Å². The predicted molar refractivity (Wildman–Crippen MR) is 78.2 cm³/mol. The van der Waals surface area contributed by atoms with Crippen LogP contribution in [-0.2, 0) is 20.8 Å². The first-order valence-electron chi connectivity index (χ1n) is 6.53. The van der Waals surface area contributed by atoms with Crippen molar-refractivity contribution < 1.29 is 14.4 Å². The monoisotopic (exact) mass is 292 g/mol. The first kappa shape index (κ1) is 16.8. The largest absolute Gasteiger partial charge is 0.384 e. The molecule has 0 aromatic heterocycles. The Labute approximate surface area is 122 Å². The van der Waals surface area contributed by atoms with Crippen molar-refractivity contribution in [1.82, 2.24) is 0 Å². The summed E-state index contributed by atoms with van der Waals surface area (Å²) in [7, 11) is 0. The Kier molecular flexibility index (Phi) is 6.51. The SMILES string of the molecule is N=C(N)c1ccc(CC(CC(=O)ON)C(=O)CCN)cc1. The lowest BCUT2D eigenvalue weighted by Gasteiger charge is -2.14. The third-order valence-corrected chi connectivity index (χ3v) is 3.14. The normalized spacial score (nSPS) is 11.7. The number of nitrogen functional groups attached to an aromatic ring is 1. The van der Waals surface area contributed by atoms with Crippen molar-refractivity contribution in [2.75, 3.05) is 6.54 Å². The third kappa shape index (κ3) is 5.33. The molecule has 1 rings (SSSR count). The van der Waals surface area contributed by atoms with E-state index in [1.54, 1.807) is 24.3 Å². The van der Waals surface area contributed by atoms with Crippen LogP contribution in [0.15, 0.2) is 24.3 Å². The van der Waals surface area contributed by atoms with Crippen molar-refractivity contribution in [2.45, 2.75) is 19.3 Å². The molecule has 0 saturated heterocycles. The quantitative estimate of drug-likeness (QED) is 0.298. The van der Waals surface area contributed by atoms with Crippen LogP contribution in [0.1, 0.15) is 24.0 Å². The first-order valence-corrected chi connectivity index (χ1v) is 6.53. The fraction of sp³-hybridized carbons (Fsp3) is 0.357. The van der Waals surface area contributed by atoms with Gasteiger partial charge in [0.1, 0.15) is 11.6 Å². The van der Waals surface area contributed by atoms with Crippen LogP contribution in [0.4, 0.5) is 0 Å². The van der Waals surface area contributed by atoms with Crippen molar-refractivity contribution in [2.24, 2.45) is 23.3 Å². The lowest BCUT2D eigenvalue weighted by molar-refractivity contribution is -0.147. The molecule has 0 aliphatic rings. The summed E-state index contributed by atoms with van der Waals surface area (Å²) in [6.07, 6.45) is 0.504. The fourth-order valence-corrected chi connectivity index (χ4v) is 2.00. The van der Waals surface area contributed by atoms with Crippen LogP contribution in [0, 0.1) is 11.3 Å². The minimum atomic E-state index is -0.634. The Morgan fingerprint density at radius 1 is 1.24 bits per heavy atom. The van der Waals surface area contributed by atoms with Gasteiger partial charge in [0.2, 0.25) is 0 Å². The molecule has 114 valence electrons. The minimum Gasteiger partial charge on any atom is -0.384 e. The molecule has 7 N–H and O–H groups in total. The molecule has 1 aromatic carbocycles. The number of carbonyl (C=O) groups excluding carboxylic acids is 2. The van der Waals surface area contributed by atoms with E-state index in [1.165, 1.54) is 0 Å². The summed E-state index contributed by atoms with van der Waals surface area (Å²) < 4.78 is 0. The zero-order valence-corrected chi connectivity index (χ0v) is 11.7. The molecule has 1 aromatic rings. The van der Waals surface area contributed by atoms with Crippen LogP contribution in [0.3, 0.4) is 0 Å². The summed E-state index contributed by atoms with van der Waals surface area (Å²) in [5.41, 5.74) is 12.2. The maximum Gasteiger partial charge on any atom is 0.325 e. The van der Waals surface area contributed by atoms with Crippen LogP contribution in [0.2, 0.25) is 0 Å². The molecule has 1 unspecified atom stereocenters. The Balaban J connectivity index is 2.81. The molecule has 0 aliphatic carbocycles. The smallest absolute Gasteiger partial charge is 0.325 e. The van der Waals surface area contributed by atoms with Gasteiger partial charge in [0, 0.05) is 17.9 Å². The van der Waals surface area contributed by atoms with Crippen LogP contribution >= 0.6 is 0 Å². The fourth-order valence-electron chi connectivity index (χ4n) is 2.00. The highest BCUT2D eigenvalue weighted by Gasteiger charge is 2.22. The van der Waals surface area contributed by atoms with E-state index in [2.05, 4.69) is 4.84 Å². The third-order valence-electron chi connectivity index (χ3n) is 3.14. The van der Waals surface area contributed by atoms with Gasteiger partial charge in [-0.1, -0.05) is 24.3 Å². The molecular formula is C14H20N4O3. The second-order valence-electron chi connectivity index (χ2n) is 4.71. The second-order valence-corrected chi connectivity index (χ2v) is 4.71. The Morgan fingerprint density at radius 3 is 2.33 bits per heavy atom. The van der Waals surface area contributed by atoms with E-state index in [0.717, 1.165) is 5.56 Å². The zero-order valence-electron chi connectivity index (χ0n) is 11.7. The second kappa shape index (κ2) is 8.13. The summed E-state index contributed by atoms with van der Waals surface area (Å²) in [6, 6.07) is 6.94. The van der Waals surface area contributed by atoms with E-state index in [0.29, 0.717) is 12.0 Å². The van der Waals surface area contributed by atoms with Gasteiger partial charge in [-0.15, -0.1) is 0 Å². The summed E-state index contributed by atoms with van der Waals surface area (Å²) in [5.74, 6) is 3.54. The molecular weight excluding hydrogens is 272 g/mol. The van der Waals surface area contributed by atoms with E-state index in [1.807, 2.05) is 0 Å². The first-order chi connectivity index (χ1) is 9.97. The Hall–Kier alpha value is -2.25. The Morgan fingerprint density at radius 2 is 1.86 bits per heavy atom. The number of amidine groups is 1. The van der Waals surface area contributed by atoms with Gasteiger partial charge in [0.25, 0.3) is 0 Å². The Bertz CT molecular complexity index is 513. The number of Topliss-reactive ketones (excluding diaryl/α,β-unsaturated/α-hetero) is 1. The number of nitrogens with one attached hydrogen (secondary N) is 1. The average Bonchev–Trinajstić information content (AvgIpc) is 2.47. The highest BCUT2D eigenvalue weighted by atomic mass is 16.7. The van der Waals surface area contributed by atoms with E-state index in [4.69, 9.17) is 22.8 Å². The van der Waals surface area contributed by atoms with Gasteiger partial charge in [0.05, 0.1) is 6.42 Å². The van der Waals surface area contributed by atoms with Crippen molar-refractivity contribution in [3.05, 3.63) is 35.4 Å². The van der Waals surface area contributed by atoms with Crippen LogP contribution < -0.4 is 17.4 Å². The van der Waals surface area contributed by atoms with Crippen LogP contribution in [0.25, 0.3) is 0 Å². The standard InChI is InChI=1S/C14H20N4O3/c15-6-5-12(19)11(8-13(20)21-18)7-9-1-3-10(4-2-9)14(16)17/h1-4,11H,5-8,15,18H2,(H3,16,17). The average molecular weight is 292 g/mol. The van der Waals surface area contributed by atoms with E-state index < -0.39 is 11.9 Å². The number of ketones is 1. The van der Waals surface area contributed by atoms with E-state index in [-0.39, 0.29) is 31.0 Å². The lowest BCUT2D eigenvalue weighted by atomic mass is 9.90. The lowest BCUT2D eigenvalue weighted by Crippen LogP contribution is -2.25. The molecule has 1 atom stereocenters. The summed E-state index contributed by atoms with van der Waals surface area (Å²) in [4.78, 5) is 27.4. The van der Waals surface area contributed by atoms with Crippen LogP contribution in [0.5, 0.6) is 0 Å². The van der Waals surface area contributed by atoms with E-state index in [9.17, 15) is 9.59 Å². The molecule has 21 heavy (non-hydrogen) atoms. The highest BCUT2D eigenvalue weighted by molar-refractivity contribution is 5.94. The molecule has 7 nitrogen and oxygen atoms in total. The molecule has 0 amide bonds. The van der Waals surface area contributed by atoms with Gasteiger partial charge in [-0.3, -0.25) is 15.0 Å². The molecule has 0 spiro atoms. The molecule has 7 heteroatoms. The van der Waals surface area contributed by atoms with Gasteiger partial charge in [-0.25, -0.2) is 0 Å². The molecule has 0 saturated carbocycles. The highest BCUT2D eigenvalue weighted by Crippen LogP contribution is 2.16. The number of carbonyl (C=O) groups is 2. The summed E-state index contributed by atoms with van der Waals surface area (Å²) in [6.45, 7) is 0.232. The molecule has 0 radical (unpaired) electrons. The van der Waals surface area contributed by atoms with E-state index >= 15 is 0 Å². The number of benzene rings is 1. The van der Waals surface area contributed by atoms with Gasteiger partial charge in [-0.05, 0) is 18.5 Å². The van der Waals surface area contributed by atoms with Crippen molar-refractivity contribution in [3.63, 3.8) is 0 Å². The zero-order chi connectivity index (χ0) is 15.8. The molecule has 0 fully saturated rings. The topological polar surface area (TPSA) is 145 Å². The van der Waals surface area contributed by atoms with Gasteiger partial charge < -0.3 is 16.3 Å². The number of nitrogens with two attached hydrogens (primary N) is 3. The van der Waals surface area contributed by atoms with Crippen molar-refractivity contribution in [1.29, 1.82) is 5.41 Å². The maximum atomic E-state index is 12.0. The molecule has 0 bridgehead atoms. The van der Waals surface area contributed by atoms with Gasteiger partial charge in [0.15, 0.2) is 0 Å². The number of hydrogen-bond donors (Lipinski definition) is 4. The van der Waals surface area contributed by atoms with Crippen LogP contribution in [-0.4, -0.2) is 24.1 Å². The number of rotatable bonds is 8. The molecule has 0 heterocycles. The summed E-state index contributed by atoms with van der Waals surface area (Å²) in [5, 5.41) is 7.32. The van der Waals surface area contributed by atoms with Gasteiger partial charge >= 0.3 is 5.97 Å². The molecule has 0 aliphatic heterocycles. The summed E-state index contributed by atoms with van der Waals surface area (Å²) >= 11 is 0. The van der Waals surface area contributed by atoms with Crippen molar-refractivity contribution >= 4 is 17.6 Å². The van der Waals surface area contributed by atoms with Crippen molar-refractivity contribution in [3.8, 4) is 0 Å².